The van der Waals surface area contributed by atoms with E-state index in [-0.39, 0.29) is 24.9 Å². The second-order valence-electron chi connectivity index (χ2n) is 19.6. The summed E-state index contributed by atoms with van der Waals surface area (Å²) in [4.78, 5) is 29.0. The highest BCUT2D eigenvalue weighted by Gasteiger charge is 2.20. The molecule has 0 atom stereocenters. The molecule has 3 aromatic rings. The number of anilines is 1. The van der Waals surface area contributed by atoms with Crippen LogP contribution in [-0.2, 0) is 0 Å². The average molecular weight is 968 g/mol. The Morgan fingerprint density at radius 1 is 0.429 bits per heavy atom. The number of amides is 2. The first kappa shape index (κ1) is 59.7. The number of rotatable bonds is 44. The van der Waals surface area contributed by atoms with E-state index in [4.69, 9.17) is 14.2 Å². The highest BCUT2D eigenvalue weighted by Crippen LogP contribution is 2.40. The van der Waals surface area contributed by atoms with E-state index in [1.807, 2.05) is 61.5 Å². The Kier molecular flexibility index (Phi) is 34.2. The highest BCUT2D eigenvalue weighted by atomic mass is 16.5. The first-order valence-corrected chi connectivity index (χ1v) is 28.3. The molecule has 0 aliphatic carbocycles. The molecule has 3 rings (SSSR count). The Morgan fingerprint density at radius 3 is 1.21 bits per heavy atom. The molecule has 0 unspecified atom stereocenters. The Balaban J connectivity index is 1.64. The second-order valence-corrected chi connectivity index (χ2v) is 19.6. The van der Waals surface area contributed by atoms with Crippen molar-refractivity contribution in [3.05, 3.63) is 71.8 Å². The summed E-state index contributed by atoms with van der Waals surface area (Å²) in [5, 5.41) is 14.7. The van der Waals surface area contributed by atoms with Crippen LogP contribution in [0.25, 0.3) is 0 Å². The van der Waals surface area contributed by atoms with Gasteiger partial charge < -0.3 is 29.7 Å². The largest absolute Gasteiger partial charge is 0.490 e. The minimum absolute atomic E-state index is 0.244. The number of carbonyl (C=O) groups is 2. The average Bonchev–Trinajstić information content (AvgIpc) is 3.37. The van der Waals surface area contributed by atoms with Crippen LogP contribution in [0.1, 0.15) is 234 Å². The molecule has 10 nitrogen and oxygen atoms in total. The minimum Gasteiger partial charge on any atom is -0.490 e. The summed E-state index contributed by atoms with van der Waals surface area (Å²) < 4.78 is 19.6. The summed E-state index contributed by atoms with van der Waals surface area (Å²) in [6.07, 6.45) is 37.5. The number of unbranched alkanes of at least 4 members (excludes halogenated alkanes) is 27. The molecule has 3 aromatic carbocycles. The van der Waals surface area contributed by atoms with Gasteiger partial charge in [-0.2, -0.15) is 10.2 Å². The molecule has 0 saturated heterocycles. The predicted molar refractivity (Wildman–Crippen MR) is 295 cm³/mol. The second kappa shape index (κ2) is 40.0. The summed E-state index contributed by atoms with van der Waals surface area (Å²) in [5.41, 5.74) is 3.29. The van der Waals surface area contributed by atoms with E-state index in [2.05, 4.69) is 41.6 Å². The van der Waals surface area contributed by atoms with E-state index in [9.17, 15) is 9.59 Å². The van der Waals surface area contributed by atoms with Crippen molar-refractivity contribution in [2.24, 2.45) is 10.2 Å². The SMILES string of the molecule is CCCCCCCCCCCCOc1cc(C(=O)NCCNC(=O)c2cccc(N=Nc3ccc(N(C)C)cc3)c2)cc(OCCCCCCCCCCCC)c1OCCCCCCCCCCCC. The van der Waals surface area contributed by atoms with Crippen molar-refractivity contribution < 1.29 is 23.8 Å². The Bertz CT molecular complexity index is 1770. The maximum atomic E-state index is 13.8. The lowest BCUT2D eigenvalue weighted by Gasteiger charge is -2.19. The van der Waals surface area contributed by atoms with Crippen molar-refractivity contribution in [2.45, 2.75) is 213 Å². The van der Waals surface area contributed by atoms with Crippen LogP contribution in [0.4, 0.5) is 17.1 Å². The van der Waals surface area contributed by atoms with Gasteiger partial charge in [0.15, 0.2) is 11.5 Å². The van der Waals surface area contributed by atoms with Crippen LogP contribution < -0.4 is 29.7 Å². The lowest BCUT2D eigenvalue weighted by Crippen LogP contribution is -2.34. The van der Waals surface area contributed by atoms with E-state index < -0.39 is 0 Å². The fraction of sp³-hybridized carbons (Fsp3) is 0.667. The Labute approximate surface area is 426 Å². The standard InChI is InChI=1S/C60H97N5O5/c1-6-9-12-15-18-21-24-27-30-33-45-68-56-49-52(60(67)62-44-43-61-59(66)51-37-36-38-54(48-51)64-63-53-39-41-55(42-40-53)65(4)5)50-57(69-46-34-31-28-25-22-19-16-13-10-7-2)58(56)70-47-35-32-29-26-23-20-17-14-11-8-3/h36-42,48-50H,6-35,43-47H2,1-5H3,(H,61,66)(H,62,67). The molecule has 10 heteroatoms. The van der Waals surface area contributed by atoms with Crippen LogP contribution in [0, 0.1) is 0 Å². The molecule has 2 N–H and O–H groups in total. The van der Waals surface area contributed by atoms with Gasteiger partial charge in [-0.15, -0.1) is 0 Å². The number of nitrogens with one attached hydrogen (secondary N) is 2. The van der Waals surface area contributed by atoms with Gasteiger partial charge in [0.1, 0.15) is 0 Å². The third-order valence-electron chi connectivity index (χ3n) is 13.0. The van der Waals surface area contributed by atoms with Crippen LogP contribution in [0.3, 0.4) is 0 Å². The van der Waals surface area contributed by atoms with E-state index in [0.29, 0.717) is 53.9 Å². The van der Waals surface area contributed by atoms with Crippen LogP contribution in [0.15, 0.2) is 70.9 Å². The molecular weight excluding hydrogens is 871 g/mol. The van der Waals surface area contributed by atoms with Gasteiger partial charge in [-0.05, 0) is 73.9 Å². The van der Waals surface area contributed by atoms with Crippen LogP contribution in [0.5, 0.6) is 17.2 Å². The molecule has 392 valence electrons. The van der Waals surface area contributed by atoms with Gasteiger partial charge >= 0.3 is 0 Å². The Morgan fingerprint density at radius 2 is 0.800 bits per heavy atom. The summed E-state index contributed by atoms with van der Waals surface area (Å²) in [5.74, 6) is 1.21. The highest BCUT2D eigenvalue weighted by molar-refractivity contribution is 5.96. The molecule has 0 radical (unpaired) electrons. The number of azo groups is 1. The summed E-state index contributed by atoms with van der Waals surface area (Å²) in [7, 11) is 3.98. The predicted octanol–water partition coefficient (Wildman–Crippen LogP) is 17.2. The summed E-state index contributed by atoms with van der Waals surface area (Å²) >= 11 is 0. The molecule has 2 amide bonds. The number of hydrogen-bond acceptors (Lipinski definition) is 8. The quantitative estimate of drug-likeness (QED) is 0.0431. The molecule has 70 heavy (non-hydrogen) atoms. The van der Waals surface area contributed by atoms with E-state index in [1.54, 1.807) is 18.2 Å². The molecule has 0 aromatic heterocycles. The number of carbonyl (C=O) groups excluding carboxylic acids is 2. The lowest BCUT2D eigenvalue weighted by atomic mass is 10.1. The van der Waals surface area contributed by atoms with Crippen LogP contribution >= 0.6 is 0 Å². The fourth-order valence-electron chi connectivity index (χ4n) is 8.57. The molecule has 0 bridgehead atoms. The van der Waals surface area contributed by atoms with E-state index >= 15 is 0 Å². The van der Waals surface area contributed by atoms with Gasteiger partial charge in [0, 0.05) is 44.0 Å². The zero-order valence-electron chi connectivity index (χ0n) is 44.9. The third-order valence-corrected chi connectivity index (χ3v) is 13.0. The van der Waals surface area contributed by atoms with Crippen molar-refractivity contribution in [3.63, 3.8) is 0 Å². The normalized spacial score (nSPS) is 11.3. The molecule has 0 aliphatic heterocycles. The molecule has 0 heterocycles. The lowest BCUT2D eigenvalue weighted by molar-refractivity contribution is 0.0927. The molecule has 0 aliphatic rings. The van der Waals surface area contributed by atoms with Gasteiger partial charge in [-0.25, -0.2) is 0 Å². The van der Waals surface area contributed by atoms with Gasteiger partial charge in [-0.1, -0.05) is 200 Å². The van der Waals surface area contributed by atoms with Crippen LogP contribution in [-0.4, -0.2) is 58.8 Å². The van der Waals surface area contributed by atoms with Crippen molar-refractivity contribution in [1.29, 1.82) is 0 Å². The maximum Gasteiger partial charge on any atom is 0.251 e. The Hall–Kier alpha value is -4.60. The van der Waals surface area contributed by atoms with E-state index in [1.165, 1.54) is 154 Å². The van der Waals surface area contributed by atoms with Gasteiger partial charge in [0.2, 0.25) is 5.75 Å². The molecule has 0 fully saturated rings. The topological polar surface area (TPSA) is 114 Å². The van der Waals surface area contributed by atoms with Gasteiger partial charge in [0.05, 0.1) is 31.2 Å². The van der Waals surface area contributed by atoms with Crippen LogP contribution in [0.2, 0.25) is 0 Å². The minimum atomic E-state index is -0.260. The van der Waals surface area contributed by atoms with Gasteiger partial charge in [0.25, 0.3) is 11.8 Å². The fourth-order valence-corrected chi connectivity index (χ4v) is 8.57. The van der Waals surface area contributed by atoms with Gasteiger partial charge in [-0.3, -0.25) is 9.59 Å². The van der Waals surface area contributed by atoms with Crippen molar-refractivity contribution >= 4 is 28.9 Å². The monoisotopic (exact) mass is 968 g/mol. The first-order chi connectivity index (χ1) is 34.4. The van der Waals surface area contributed by atoms with Crippen molar-refractivity contribution in [1.82, 2.24) is 10.6 Å². The van der Waals surface area contributed by atoms with Crippen molar-refractivity contribution in [3.8, 4) is 17.2 Å². The summed E-state index contributed by atoms with van der Waals surface area (Å²) in [6, 6.07) is 18.5. The zero-order valence-corrected chi connectivity index (χ0v) is 44.9. The van der Waals surface area contributed by atoms with E-state index in [0.717, 1.165) is 49.9 Å². The zero-order chi connectivity index (χ0) is 50.1. The van der Waals surface area contributed by atoms with Crippen molar-refractivity contribution in [2.75, 3.05) is 51.9 Å². The smallest absolute Gasteiger partial charge is 0.251 e. The number of hydrogen-bond donors (Lipinski definition) is 2. The molecule has 0 saturated carbocycles. The molecular formula is C60H97N5O5. The number of nitrogens with zero attached hydrogens (tertiary/aromatic N) is 3. The summed E-state index contributed by atoms with van der Waals surface area (Å²) in [6.45, 7) is 8.96. The first-order valence-electron chi connectivity index (χ1n) is 28.3. The molecule has 0 spiro atoms. The number of ether oxygens (including phenoxy) is 3. The third kappa shape index (κ3) is 27.7. The maximum absolute atomic E-state index is 13.8. The number of benzene rings is 3.